The van der Waals surface area contributed by atoms with E-state index in [4.69, 9.17) is 0 Å². The normalized spacial score (nSPS) is 19.0. The van der Waals surface area contributed by atoms with E-state index in [2.05, 4.69) is 24.1 Å². The van der Waals surface area contributed by atoms with Gasteiger partial charge in [0.1, 0.15) is 5.00 Å². The van der Waals surface area contributed by atoms with Crippen LogP contribution in [0.15, 0.2) is 0 Å². The van der Waals surface area contributed by atoms with Gasteiger partial charge in [-0.25, -0.2) is 0 Å². The fourth-order valence-corrected chi connectivity index (χ4v) is 4.19. The van der Waals surface area contributed by atoms with Gasteiger partial charge < -0.3 is 10.2 Å². The standard InChI is InChI=1S/C18H27N3O2S/c1-11(2)20-7-9-21(10-8-20)18(23)15-12(3)13(4)24-17(15)19-16(22)14-5-6-14/h11,14H,5-10H2,1-4H3,(H,19,22). The molecule has 1 aliphatic heterocycles. The average Bonchev–Trinajstić information content (AvgIpc) is 3.35. The van der Waals surface area contributed by atoms with Crippen molar-refractivity contribution in [2.24, 2.45) is 5.92 Å². The molecule has 2 heterocycles. The zero-order chi connectivity index (χ0) is 17.4. The molecule has 1 saturated heterocycles. The van der Waals surface area contributed by atoms with Gasteiger partial charge in [0.2, 0.25) is 5.91 Å². The van der Waals surface area contributed by atoms with Gasteiger partial charge in [0.05, 0.1) is 5.56 Å². The average molecular weight is 350 g/mol. The molecular weight excluding hydrogens is 322 g/mol. The predicted molar refractivity (Wildman–Crippen MR) is 97.8 cm³/mol. The molecule has 2 fully saturated rings. The highest BCUT2D eigenvalue weighted by atomic mass is 32.1. The molecular formula is C18H27N3O2S. The number of nitrogens with zero attached hydrogens (tertiary/aromatic N) is 2. The van der Waals surface area contributed by atoms with Gasteiger partial charge in [-0.2, -0.15) is 0 Å². The lowest BCUT2D eigenvalue weighted by atomic mass is 10.1. The van der Waals surface area contributed by atoms with Crippen LogP contribution in [0.2, 0.25) is 0 Å². The summed E-state index contributed by atoms with van der Waals surface area (Å²) in [5.74, 6) is 0.270. The van der Waals surface area contributed by atoms with E-state index in [1.165, 1.54) is 11.3 Å². The van der Waals surface area contributed by atoms with Crippen molar-refractivity contribution in [3.8, 4) is 0 Å². The van der Waals surface area contributed by atoms with Crippen LogP contribution in [0.5, 0.6) is 0 Å². The number of carbonyl (C=O) groups excluding carboxylic acids is 2. The van der Waals surface area contributed by atoms with Gasteiger partial charge in [-0.3, -0.25) is 14.5 Å². The number of nitrogens with one attached hydrogen (secondary N) is 1. The summed E-state index contributed by atoms with van der Waals surface area (Å²) in [7, 11) is 0. The van der Waals surface area contributed by atoms with E-state index in [0.717, 1.165) is 54.5 Å². The molecule has 24 heavy (non-hydrogen) atoms. The zero-order valence-corrected chi connectivity index (χ0v) is 15.8. The molecule has 1 aliphatic carbocycles. The largest absolute Gasteiger partial charge is 0.336 e. The molecule has 1 aromatic heterocycles. The summed E-state index contributed by atoms with van der Waals surface area (Å²) >= 11 is 1.52. The second-order valence-corrected chi connectivity index (χ2v) is 8.40. The number of carbonyl (C=O) groups is 2. The van der Waals surface area contributed by atoms with Crippen LogP contribution in [0.3, 0.4) is 0 Å². The van der Waals surface area contributed by atoms with Crippen molar-refractivity contribution >= 4 is 28.2 Å². The first-order chi connectivity index (χ1) is 11.4. The lowest BCUT2D eigenvalue weighted by Crippen LogP contribution is -2.50. The summed E-state index contributed by atoms with van der Waals surface area (Å²) < 4.78 is 0. The monoisotopic (exact) mass is 349 g/mol. The summed E-state index contributed by atoms with van der Waals surface area (Å²) in [6, 6.07) is 0.515. The highest BCUT2D eigenvalue weighted by Crippen LogP contribution is 2.36. The molecule has 5 nitrogen and oxygen atoms in total. The van der Waals surface area contributed by atoms with Crippen molar-refractivity contribution in [3.05, 3.63) is 16.0 Å². The van der Waals surface area contributed by atoms with Gasteiger partial charge in [0.25, 0.3) is 5.91 Å². The highest BCUT2D eigenvalue weighted by molar-refractivity contribution is 7.16. The molecule has 1 N–H and O–H groups in total. The Kier molecular flexibility index (Phi) is 4.97. The Labute approximate surface area is 148 Å². The molecule has 0 atom stereocenters. The number of piperazine rings is 1. The molecule has 6 heteroatoms. The van der Waals surface area contributed by atoms with Crippen molar-refractivity contribution < 1.29 is 9.59 Å². The molecule has 1 saturated carbocycles. The van der Waals surface area contributed by atoms with Gasteiger partial charge in [-0.1, -0.05) is 0 Å². The van der Waals surface area contributed by atoms with E-state index in [0.29, 0.717) is 11.6 Å². The van der Waals surface area contributed by atoms with Crippen molar-refractivity contribution in [1.29, 1.82) is 0 Å². The molecule has 132 valence electrons. The summed E-state index contributed by atoms with van der Waals surface area (Å²) in [5, 5.41) is 3.74. The minimum atomic E-state index is 0.0614. The number of aryl methyl sites for hydroxylation is 1. The van der Waals surface area contributed by atoms with Crippen LogP contribution in [0, 0.1) is 19.8 Å². The Hall–Kier alpha value is -1.40. The van der Waals surface area contributed by atoms with Crippen molar-refractivity contribution in [3.63, 3.8) is 0 Å². The number of thiophene rings is 1. The molecule has 0 bridgehead atoms. The van der Waals surface area contributed by atoms with E-state index in [1.54, 1.807) is 0 Å². The van der Waals surface area contributed by atoms with Crippen molar-refractivity contribution in [1.82, 2.24) is 9.80 Å². The topological polar surface area (TPSA) is 52.7 Å². The van der Waals surface area contributed by atoms with Crippen LogP contribution >= 0.6 is 11.3 Å². The van der Waals surface area contributed by atoms with Crippen LogP contribution in [0.1, 0.15) is 47.5 Å². The first-order valence-electron chi connectivity index (χ1n) is 8.82. The molecule has 3 rings (SSSR count). The summed E-state index contributed by atoms with van der Waals surface area (Å²) in [6.07, 6.45) is 1.94. The highest BCUT2D eigenvalue weighted by Gasteiger charge is 2.33. The second kappa shape index (κ2) is 6.84. The first-order valence-corrected chi connectivity index (χ1v) is 9.64. The molecule has 1 aromatic rings. The third kappa shape index (κ3) is 3.49. The van der Waals surface area contributed by atoms with Crippen molar-refractivity contribution in [2.45, 2.75) is 46.6 Å². The van der Waals surface area contributed by atoms with Crippen molar-refractivity contribution in [2.75, 3.05) is 31.5 Å². The zero-order valence-electron chi connectivity index (χ0n) is 15.0. The van der Waals surface area contributed by atoms with E-state index in [1.807, 2.05) is 18.7 Å². The number of rotatable bonds is 4. The Balaban J connectivity index is 1.75. The van der Waals surface area contributed by atoms with Gasteiger partial charge in [0, 0.05) is 43.0 Å². The van der Waals surface area contributed by atoms with Gasteiger partial charge in [-0.15, -0.1) is 11.3 Å². The van der Waals surface area contributed by atoms with E-state index >= 15 is 0 Å². The van der Waals surface area contributed by atoms with E-state index in [-0.39, 0.29) is 17.7 Å². The lowest BCUT2D eigenvalue weighted by Gasteiger charge is -2.37. The summed E-state index contributed by atoms with van der Waals surface area (Å²) in [6.45, 7) is 11.7. The Morgan fingerprint density at radius 1 is 1.12 bits per heavy atom. The second-order valence-electron chi connectivity index (χ2n) is 7.17. The lowest BCUT2D eigenvalue weighted by molar-refractivity contribution is -0.117. The van der Waals surface area contributed by atoms with E-state index in [9.17, 15) is 9.59 Å². The predicted octanol–water partition coefficient (Wildman–Crippen LogP) is 2.88. The van der Waals surface area contributed by atoms with Crippen LogP contribution in [0.4, 0.5) is 5.00 Å². The fourth-order valence-electron chi connectivity index (χ4n) is 3.13. The Morgan fingerprint density at radius 2 is 1.75 bits per heavy atom. The minimum Gasteiger partial charge on any atom is -0.336 e. The fraction of sp³-hybridized carbons (Fsp3) is 0.667. The SMILES string of the molecule is Cc1sc(NC(=O)C2CC2)c(C(=O)N2CCN(C(C)C)CC2)c1C. The van der Waals surface area contributed by atoms with Crippen LogP contribution < -0.4 is 5.32 Å². The molecule has 0 radical (unpaired) electrons. The maximum absolute atomic E-state index is 13.1. The van der Waals surface area contributed by atoms with Crippen LogP contribution in [0.25, 0.3) is 0 Å². The third-order valence-electron chi connectivity index (χ3n) is 5.12. The molecule has 0 spiro atoms. The first kappa shape index (κ1) is 17.4. The maximum atomic E-state index is 13.1. The van der Waals surface area contributed by atoms with Crippen LogP contribution in [-0.2, 0) is 4.79 Å². The van der Waals surface area contributed by atoms with E-state index < -0.39 is 0 Å². The van der Waals surface area contributed by atoms with Crippen LogP contribution in [-0.4, -0.2) is 53.8 Å². The maximum Gasteiger partial charge on any atom is 0.257 e. The Morgan fingerprint density at radius 3 is 2.29 bits per heavy atom. The molecule has 0 unspecified atom stereocenters. The number of amides is 2. The Bertz CT molecular complexity index is 641. The number of hydrogen-bond donors (Lipinski definition) is 1. The van der Waals surface area contributed by atoms with Gasteiger partial charge >= 0.3 is 0 Å². The molecule has 2 aliphatic rings. The third-order valence-corrected chi connectivity index (χ3v) is 6.24. The summed E-state index contributed by atoms with van der Waals surface area (Å²) in [4.78, 5) is 30.6. The molecule has 0 aromatic carbocycles. The number of anilines is 1. The minimum absolute atomic E-state index is 0.0614. The summed E-state index contributed by atoms with van der Waals surface area (Å²) in [5.41, 5.74) is 1.70. The molecule has 2 amide bonds. The van der Waals surface area contributed by atoms with Gasteiger partial charge in [-0.05, 0) is 46.1 Å². The van der Waals surface area contributed by atoms with Gasteiger partial charge in [0.15, 0.2) is 0 Å². The quantitative estimate of drug-likeness (QED) is 0.909. The smallest absolute Gasteiger partial charge is 0.257 e. The number of hydrogen-bond acceptors (Lipinski definition) is 4.